The Kier molecular flexibility index (Phi) is 4.85. The van der Waals surface area contributed by atoms with Crippen molar-refractivity contribution in [1.82, 2.24) is 4.90 Å². The lowest BCUT2D eigenvalue weighted by atomic mass is 10.1. The summed E-state index contributed by atoms with van der Waals surface area (Å²) in [6.45, 7) is 2.42. The maximum Gasteiger partial charge on any atom is 0.310 e. The number of phenols is 1. The van der Waals surface area contributed by atoms with Gasteiger partial charge in [0.15, 0.2) is 5.75 Å². The fourth-order valence-electron chi connectivity index (χ4n) is 2.97. The normalized spacial score (nSPS) is 20.0. The molecule has 1 aliphatic heterocycles. The molecule has 1 saturated heterocycles. The number of carbonyl (C=O) groups excluding carboxylic acids is 1. The number of morpholine rings is 1. The lowest BCUT2D eigenvalue weighted by molar-refractivity contribution is -0.385. The van der Waals surface area contributed by atoms with Gasteiger partial charge < -0.3 is 14.7 Å². The maximum absolute atomic E-state index is 13.1. The van der Waals surface area contributed by atoms with E-state index in [9.17, 15) is 24.4 Å². The van der Waals surface area contributed by atoms with Gasteiger partial charge in [0.1, 0.15) is 11.9 Å². The molecule has 1 N–H and O–H groups in total. The Morgan fingerprint density at radius 2 is 1.96 bits per heavy atom. The Hall–Kier alpha value is -3.00. The molecule has 1 aliphatic rings. The van der Waals surface area contributed by atoms with Gasteiger partial charge in [-0.1, -0.05) is 12.1 Å². The number of benzene rings is 2. The van der Waals surface area contributed by atoms with E-state index < -0.39 is 22.5 Å². The second kappa shape index (κ2) is 7.09. The average Bonchev–Trinajstić information content (AvgIpc) is 2.60. The van der Waals surface area contributed by atoms with Gasteiger partial charge in [-0.15, -0.1) is 0 Å². The van der Waals surface area contributed by atoms with Gasteiger partial charge in [-0.3, -0.25) is 14.9 Å². The summed E-state index contributed by atoms with van der Waals surface area (Å²) in [5.41, 5.74) is 0.448. The summed E-state index contributed by atoms with van der Waals surface area (Å²) in [6.07, 6.45) is -0.649. The van der Waals surface area contributed by atoms with E-state index in [1.807, 2.05) is 6.92 Å². The van der Waals surface area contributed by atoms with Crippen LogP contribution in [0.1, 0.15) is 28.9 Å². The van der Waals surface area contributed by atoms with Crippen LogP contribution in [0.25, 0.3) is 0 Å². The molecule has 1 heterocycles. The Labute approximate surface area is 148 Å². The molecule has 0 spiro atoms. The number of aromatic hydroxyl groups is 1. The minimum Gasteiger partial charge on any atom is -0.502 e. The Balaban J connectivity index is 1.81. The van der Waals surface area contributed by atoms with Crippen molar-refractivity contribution in [2.24, 2.45) is 0 Å². The molecule has 1 fully saturated rings. The minimum atomic E-state index is -0.717. The molecule has 7 nitrogen and oxygen atoms in total. The van der Waals surface area contributed by atoms with Gasteiger partial charge in [0, 0.05) is 18.2 Å². The van der Waals surface area contributed by atoms with Crippen LogP contribution in [0, 0.1) is 15.9 Å². The van der Waals surface area contributed by atoms with E-state index in [-0.39, 0.29) is 29.9 Å². The second-order valence-electron chi connectivity index (χ2n) is 6.16. The largest absolute Gasteiger partial charge is 0.502 e. The third kappa shape index (κ3) is 3.65. The fourth-order valence-corrected chi connectivity index (χ4v) is 2.97. The molecule has 0 aliphatic carbocycles. The summed E-state index contributed by atoms with van der Waals surface area (Å²) in [5, 5.41) is 20.5. The van der Waals surface area contributed by atoms with Crippen molar-refractivity contribution in [2.45, 2.75) is 19.1 Å². The van der Waals surface area contributed by atoms with E-state index in [1.54, 1.807) is 17.0 Å². The first-order chi connectivity index (χ1) is 12.3. The van der Waals surface area contributed by atoms with Crippen LogP contribution in [0.3, 0.4) is 0 Å². The summed E-state index contributed by atoms with van der Waals surface area (Å²) >= 11 is 0. The average molecular weight is 360 g/mol. The van der Waals surface area contributed by atoms with E-state index >= 15 is 0 Å². The SMILES string of the molecule is C[C@@H]1CN(C(=O)c2ccc([N+](=O)[O-])c(O)c2)C[C@@H](c2ccc(F)cc2)O1. The summed E-state index contributed by atoms with van der Waals surface area (Å²) in [6, 6.07) is 9.39. The van der Waals surface area contributed by atoms with Crippen molar-refractivity contribution in [3.8, 4) is 5.75 Å². The third-order valence-corrected chi connectivity index (χ3v) is 4.21. The van der Waals surface area contributed by atoms with E-state index in [1.165, 1.54) is 18.2 Å². The number of phenolic OH excluding ortho intramolecular Hbond substituents is 1. The third-order valence-electron chi connectivity index (χ3n) is 4.21. The number of amides is 1. The Morgan fingerprint density at radius 3 is 2.58 bits per heavy atom. The highest BCUT2D eigenvalue weighted by molar-refractivity contribution is 5.95. The van der Waals surface area contributed by atoms with Crippen molar-refractivity contribution >= 4 is 11.6 Å². The van der Waals surface area contributed by atoms with Crippen LogP contribution in [0.4, 0.5) is 10.1 Å². The van der Waals surface area contributed by atoms with Crippen LogP contribution < -0.4 is 0 Å². The highest BCUT2D eigenvalue weighted by Crippen LogP contribution is 2.29. The molecule has 0 aromatic heterocycles. The number of nitrogens with zero attached hydrogens (tertiary/aromatic N) is 2. The number of rotatable bonds is 3. The van der Waals surface area contributed by atoms with Crippen molar-refractivity contribution < 1.29 is 24.0 Å². The number of nitro groups is 1. The van der Waals surface area contributed by atoms with Crippen LogP contribution in [-0.4, -0.2) is 40.0 Å². The smallest absolute Gasteiger partial charge is 0.310 e. The highest BCUT2D eigenvalue weighted by Gasteiger charge is 2.30. The fraction of sp³-hybridized carbons (Fsp3) is 0.278. The zero-order chi connectivity index (χ0) is 18.8. The Bertz CT molecular complexity index is 840. The number of hydrogen-bond donors (Lipinski definition) is 1. The van der Waals surface area contributed by atoms with Gasteiger partial charge in [-0.05, 0) is 36.8 Å². The van der Waals surface area contributed by atoms with Gasteiger partial charge >= 0.3 is 5.69 Å². The molecule has 136 valence electrons. The highest BCUT2D eigenvalue weighted by atomic mass is 19.1. The second-order valence-corrected chi connectivity index (χ2v) is 6.16. The summed E-state index contributed by atoms with van der Waals surface area (Å²) in [5.74, 6) is -1.28. The number of nitro benzene ring substituents is 1. The van der Waals surface area contributed by atoms with Crippen molar-refractivity contribution in [3.63, 3.8) is 0 Å². The standard InChI is InChI=1S/C18H17FN2O5/c1-11-9-20(10-17(26-11)12-2-5-14(19)6-3-12)18(23)13-4-7-15(21(24)25)16(22)8-13/h2-8,11,17,22H,9-10H2,1H3/t11-,17+/m1/s1. The van der Waals surface area contributed by atoms with Crippen molar-refractivity contribution in [2.75, 3.05) is 13.1 Å². The molecule has 0 saturated carbocycles. The topological polar surface area (TPSA) is 92.9 Å². The molecule has 0 bridgehead atoms. The first-order valence-electron chi connectivity index (χ1n) is 8.02. The molecule has 8 heteroatoms. The number of halogens is 1. The lowest BCUT2D eigenvalue weighted by Gasteiger charge is -2.37. The molecule has 0 unspecified atom stereocenters. The van der Waals surface area contributed by atoms with Gasteiger partial charge in [0.2, 0.25) is 0 Å². The van der Waals surface area contributed by atoms with Gasteiger partial charge in [0.05, 0.1) is 17.6 Å². The first kappa shape index (κ1) is 17.8. The van der Waals surface area contributed by atoms with Crippen LogP contribution >= 0.6 is 0 Å². The molecule has 0 radical (unpaired) electrons. The molecule has 2 aromatic rings. The van der Waals surface area contributed by atoms with Gasteiger partial charge in [-0.2, -0.15) is 0 Å². The summed E-state index contributed by atoms with van der Waals surface area (Å²) < 4.78 is 19.0. The zero-order valence-electron chi connectivity index (χ0n) is 14.0. The Morgan fingerprint density at radius 1 is 1.27 bits per heavy atom. The van der Waals surface area contributed by atoms with E-state index in [4.69, 9.17) is 4.74 Å². The molecule has 3 rings (SSSR count). The first-order valence-corrected chi connectivity index (χ1v) is 8.02. The minimum absolute atomic E-state index is 0.153. The molecular formula is C18H17FN2O5. The van der Waals surface area contributed by atoms with Gasteiger partial charge in [-0.25, -0.2) is 4.39 Å². The van der Waals surface area contributed by atoms with E-state index in [0.717, 1.165) is 17.7 Å². The molecule has 26 heavy (non-hydrogen) atoms. The van der Waals surface area contributed by atoms with Crippen LogP contribution in [0.5, 0.6) is 5.75 Å². The van der Waals surface area contributed by atoms with E-state index in [0.29, 0.717) is 6.54 Å². The van der Waals surface area contributed by atoms with Crippen LogP contribution in [-0.2, 0) is 4.74 Å². The summed E-state index contributed by atoms with van der Waals surface area (Å²) in [7, 11) is 0. The molecule has 1 amide bonds. The van der Waals surface area contributed by atoms with Crippen LogP contribution in [0.15, 0.2) is 42.5 Å². The molecule has 2 aromatic carbocycles. The number of ether oxygens (including phenoxy) is 1. The van der Waals surface area contributed by atoms with Crippen LogP contribution in [0.2, 0.25) is 0 Å². The monoisotopic (exact) mass is 360 g/mol. The zero-order valence-corrected chi connectivity index (χ0v) is 14.0. The predicted octanol–water partition coefficient (Wildman–Crippen LogP) is 3.04. The summed E-state index contributed by atoms with van der Waals surface area (Å²) in [4.78, 5) is 24.4. The van der Waals surface area contributed by atoms with Crippen molar-refractivity contribution in [1.29, 1.82) is 0 Å². The lowest BCUT2D eigenvalue weighted by Crippen LogP contribution is -2.45. The molecule has 2 atom stereocenters. The maximum atomic E-state index is 13.1. The number of hydrogen-bond acceptors (Lipinski definition) is 5. The van der Waals surface area contributed by atoms with Crippen molar-refractivity contribution in [3.05, 3.63) is 69.5 Å². The quantitative estimate of drug-likeness (QED) is 0.671. The molecular weight excluding hydrogens is 343 g/mol. The van der Waals surface area contributed by atoms with Gasteiger partial charge in [0.25, 0.3) is 5.91 Å². The van der Waals surface area contributed by atoms with E-state index in [2.05, 4.69) is 0 Å². The number of carbonyl (C=O) groups is 1. The predicted molar refractivity (Wildman–Crippen MR) is 90.4 cm³/mol.